The van der Waals surface area contributed by atoms with Crippen molar-refractivity contribution < 1.29 is 14.5 Å². The van der Waals surface area contributed by atoms with E-state index in [9.17, 15) is 14.9 Å². The number of nitrogens with zero attached hydrogens (tertiary/aromatic N) is 3. The van der Waals surface area contributed by atoms with E-state index in [2.05, 4.69) is 4.98 Å². The van der Waals surface area contributed by atoms with Crippen molar-refractivity contribution in [3.05, 3.63) is 86.9 Å². The van der Waals surface area contributed by atoms with Crippen molar-refractivity contribution in [1.29, 1.82) is 0 Å². The van der Waals surface area contributed by atoms with Gasteiger partial charge in [0.25, 0.3) is 5.69 Å². The van der Waals surface area contributed by atoms with Gasteiger partial charge >= 0.3 is 0 Å². The van der Waals surface area contributed by atoms with Crippen LogP contribution in [0.4, 0.5) is 10.8 Å². The van der Waals surface area contributed by atoms with Crippen molar-refractivity contribution in [3.8, 4) is 11.5 Å². The van der Waals surface area contributed by atoms with Gasteiger partial charge < -0.3 is 9.64 Å². The number of hydrogen-bond acceptors (Lipinski definition) is 7. The van der Waals surface area contributed by atoms with Gasteiger partial charge in [-0.2, -0.15) is 0 Å². The van der Waals surface area contributed by atoms with Crippen molar-refractivity contribution in [3.63, 3.8) is 0 Å². The largest absolute Gasteiger partial charge is 0.457 e. The fraction of sp³-hybridized carbons (Fsp3) is 0.0909. The van der Waals surface area contributed by atoms with Gasteiger partial charge in [-0.1, -0.05) is 22.9 Å². The molecule has 0 saturated heterocycles. The van der Waals surface area contributed by atoms with E-state index in [4.69, 9.17) is 16.3 Å². The maximum absolute atomic E-state index is 13.1. The van der Waals surface area contributed by atoms with Crippen LogP contribution in [0.15, 0.2) is 60.7 Å². The number of nitro groups is 1. The molecule has 0 saturated carbocycles. The summed E-state index contributed by atoms with van der Waals surface area (Å²) in [6.07, 6.45) is 0. The highest BCUT2D eigenvalue weighted by Crippen LogP contribution is 2.35. The molecule has 156 valence electrons. The minimum Gasteiger partial charge on any atom is -0.457 e. The molecule has 0 fully saturated rings. The van der Waals surface area contributed by atoms with E-state index in [0.29, 0.717) is 16.3 Å². The van der Waals surface area contributed by atoms with Gasteiger partial charge in [0.2, 0.25) is 0 Å². The molecule has 0 radical (unpaired) electrons. The molecule has 0 aliphatic carbocycles. The highest BCUT2D eigenvalue weighted by molar-refractivity contribution is 7.22. The second-order valence-electron chi connectivity index (χ2n) is 6.90. The number of thiazole rings is 1. The van der Waals surface area contributed by atoms with E-state index in [1.807, 2.05) is 31.1 Å². The number of aromatic nitrogens is 1. The molecule has 1 aromatic heterocycles. The number of carbonyl (C=O) groups excluding carboxylic acids is 1. The second kappa shape index (κ2) is 8.33. The van der Waals surface area contributed by atoms with Crippen LogP contribution in [0, 0.1) is 10.1 Å². The van der Waals surface area contributed by atoms with Crippen LogP contribution < -0.4 is 9.64 Å². The zero-order chi connectivity index (χ0) is 22.1. The molecule has 9 heteroatoms. The molecule has 4 aromatic rings. The molecule has 0 atom stereocenters. The maximum Gasteiger partial charge on any atom is 0.270 e. The zero-order valence-corrected chi connectivity index (χ0v) is 18.1. The number of anilines is 1. The third-order valence-corrected chi connectivity index (χ3v) is 5.92. The minimum atomic E-state index is -0.547. The number of nitro benzene ring substituents is 1. The lowest BCUT2D eigenvalue weighted by Crippen LogP contribution is -2.07. The van der Waals surface area contributed by atoms with Gasteiger partial charge in [-0.15, -0.1) is 0 Å². The number of fused-ring (bicyclic) bond motifs is 1. The molecule has 0 amide bonds. The molecule has 4 rings (SSSR count). The van der Waals surface area contributed by atoms with E-state index in [0.717, 1.165) is 15.3 Å². The standard InChI is InChI=1S/C22H16ClN3O4S/c1-25(2)22-24-18-9-8-16(12-20(18)31-22)30-19-10-7-15(26(28)29)11-17(19)21(27)13-3-5-14(23)6-4-13/h3-12H,1-2H3. The van der Waals surface area contributed by atoms with E-state index in [-0.39, 0.29) is 17.0 Å². The quantitative estimate of drug-likeness (QED) is 0.204. The summed E-state index contributed by atoms with van der Waals surface area (Å²) in [5.74, 6) is 0.326. The van der Waals surface area contributed by atoms with E-state index < -0.39 is 10.7 Å². The van der Waals surface area contributed by atoms with Crippen LogP contribution in [0.5, 0.6) is 11.5 Å². The van der Waals surface area contributed by atoms with Crippen LogP contribution in [0.25, 0.3) is 10.2 Å². The first-order chi connectivity index (χ1) is 14.8. The number of ether oxygens (including phenoxy) is 1. The van der Waals surface area contributed by atoms with Gasteiger partial charge in [0, 0.05) is 42.9 Å². The molecule has 0 N–H and O–H groups in total. The van der Waals surface area contributed by atoms with Gasteiger partial charge in [-0.05, 0) is 42.5 Å². The van der Waals surface area contributed by atoms with Crippen molar-refractivity contribution in [1.82, 2.24) is 4.98 Å². The normalized spacial score (nSPS) is 10.8. The first-order valence-electron chi connectivity index (χ1n) is 9.16. The highest BCUT2D eigenvalue weighted by atomic mass is 35.5. The first kappa shape index (κ1) is 20.8. The smallest absolute Gasteiger partial charge is 0.270 e. The van der Waals surface area contributed by atoms with E-state index >= 15 is 0 Å². The lowest BCUT2D eigenvalue weighted by molar-refractivity contribution is -0.384. The van der Waals surface area contributed by atoms with Crippen LogP contribution in [-0.2, 0) is 0 Å². The Morgan fingerprint density at radius 3 is 2.52 bits per heavy atom. The Hall–Kier alpha value is -3.49. The Bertz CT molecular complexity index is 1300. The zero-order valence-electron chi connectivity index (χ0n) is 16.5. The van der Waals surface area contributed by atoms with Crippen LogP contribution in [-0.4, -0.2) is 29.8 Å². The van der Waals surface area contributed by atoms with Crippen molar-refractivity contribution >= 4 is 49.8 Å². The number of halogens is 1. The summed E-state index contributed by atoms with van der Waals surface area (Å²) in [5, 5.41) is 12.6. The summed E-state index contributed by atoms with van der Waals surface area (Å²) < 4.78 is 6.91. The Morgan fingerprint density at radius 2 is 1.84 bits per heavy atom. The molecule has 0 spiro atoms. The van der Waals surface area contributed by atoms with Crippen molar-refractivity contribution in [2.45, 2.75) is 0 Å². The molecule has 3 aromatic carbocycles. The Kier molecular flexibility index (Phi) is 5.58. The summed E-state index contributed by atoms with van der Waals surface area (Å²) >= 11 is 7.42. The predicted octanol–water partition coefficient (Wildman–Crippen LogP) is 5.95. The molecule has 1 heterocycles. The van der Waals surface area contributed by atoms with Crippen LogP contribution >= 0.6 is 22.9 Å². The van der Waals surface area contributed by atoms with Crippen LogP contribution in [0.2, 0.25) is 5.02 Å². The molecular formula is C22H16ClN3O4S. The van der Waals surface area contributed by atoms with E-state index in [1.54, 1.807) is 30.3 Å². The van der Waals surface area contributed by atoms with Crippen LogP contribution in [0.1, 0.15) is 15.9 Å². The Labute approximate surface area is 186 Å². The molecule has 0 aliphatic rings. The number of carbonyl (C=O) groups is 1. The van der Waals surface area contributed by atoms with Crippen molar-refractivity contribution in [2.75, 3.05) is 19.0 Å². The summed E-state index contributed by atoms with van der Waals surface area (Å²) in [6.45, 7) is 0. The second-order valence-corrected chi connectivity index (χ2v) is 8.34. The third-order valence-electron chi connectivity index (χ3n) is 4.48. The van der Waals surface area contributed by atoms with Crippen molar-refractivity contribution in [2.24, 2.45) is 0 Å². The van der Waals surface area contributed by atoms with Gasteiger partial charge in [-0.3, -0.25) is 14.9 Å². The van der Waals surface area contributed by atoms with Gasteiger partial charge in [-0.25, -0.2) is 4.98 Å². The molecule has 0 bridgehead atoms. The maximum atomic E-state index is 13.1. The monoisotopic (exact) mass is 453 g/mol. The first-order valence-corrected chi connectivity index (χ1v) is 10.4. The fourth-order valence-electron chi connectivity index (χ4n) is 2.93. The third kappa shape index (κ3) is 4.35. The summed E-state index contributed by atoms with van der Waals surface area (Å²) in [5.41, 5.74) is 1.08. The Balaban J connectivity index is 1.73. The molecular weight excluding hydrogens is 438 g/mol. The predicted molar refractivity (Wildman–Crippen MR) is 122 cm³/mol. The number of non-ortho nitro benzene ring substituents is 1. The number of hydrogen-bond donors (Lipinski definition) is 0. The molecule has 7 nitrogen and oxygen atoms in total. The number of ketones is 1. The number of rotatable bonds is 6. The van der Waals surface area contributed by atoms with E-state index in [1.165, 1.54) is 29.5 Å². The molecule has 0 aliphatic heterocycles. The SMILES string of the molecule is CN(C)c1nc2ccc(Oc3ccc([N+](=O)[O-])cc3C(=O)c3ccc(Cl)cc3)cc2s1. The average molecular weight is 454 g/mol. The Morgan fingerprint density at radius 1 is 1.10 bits per heavy atom. The van der Waals surface area contributed by atoms with Gasteiger partial charge in [0.15, 0.2) is 10.9 Å². The molecule has 31 heavy (non-hydrogen) atoms. The fourth-order valence-corrected chi connectivity index (χ4v) is 3.97. The molecule has 0 unspecified atom stereocenters. The topological polar surface area (TPSA) is 85.6 Å². The average Bonchev–Trinajstić information content (AvgIpc) is 3.18. The van der Waals surface area contributed by atoms with Gasteiger partial charge in [0.05, 0.1) is 20.7 Å². The minimum absolute atomic E-state index is 0.0925. The van der Waals surface area contributed by atoms with Gasteiger partial charge in [0.1, 0.15) is 11.5 Å². The lowest BCUT2D eigenvalue weighted by atomic mass is 10.0. The summed E-state index contributed by atoms with van der Waals surface area (Å²) in [4.78, 5) is 30.2. The summed E-state index contributed by atoms with van der Waals surface area (Å²) in [6, 6.07) is 15.7. The highest BCUT2D eigenvalue weighted by Gasteiger charge is 2.20. The lowest BCUT2D eigenvalue weighted by Gasteiger charge is -2.11. The number of benzene rings is 3. The summed E-state index contributed by atoms with van der Waals surface area (Å²) in [7, 11) is 3.83. The van der Waals surface area contributed by atoms with Crippen LogP contribution in [0.3, 0.4) is 0 Å².